The highest BCUT2D eigenvalue weighted by molar-refractivity contribution is 4.95. The Morgan fingerprint density at radius 2 is 1.90 bits per heavy atom. The molecular formula is C16H25N3O2. The van der Waals surface area contributed by atoms with Gasteiger partial charge in [0, 0.05) is 43.4 Å². The van der Waals surface area contributed by atoms with Crippen LogP contribution in [0, 0.1) is 0 Å². The number of ether oxygens (including phenoxy) is 2. The van der Waals surface area contributed by atoms with Gasteiger partial charge in [-0.2, -0.15) is 0 Å². The van der Waals surface area contributed by atoms with Crippen LogP contribution in [0.1, 0.15) is 51.0 Å². The Hall–Kier alpha value is -0.910. The standard InChI is InChI=1S/C16H25N3O2/c1-2-14(15(3-1)19-9-8-17-12-19)18-13-4-6-16(7-5-13)20-10-11-21-16/h8-9,12-15,18H,1-7,10-11H2. The molecule has 5 heteroatoms. The highest BCUT2D eigenvalue weighted by Gasteiger charge is 2.41. The van der Waals surface area contributed by atoms with E-state index in [0.717, 1.165) is 38.9 Å². The Morgan fingerprint density at radius 3 is 2.62 bits per heavy atom. The molecule has 3 aliphatic rings. The second-order valence-corrected chi connectivity index (χ2v) is 6.66. The maximum absolute atomic E-state index is 5.82. The molecule has 116 valence electrons. The molecule has 0 radical (unpaired) electrons. The van der Waals surface area contributed by atoms with Crippen molar-refractivity contribution in [1.29, 1.82) is 0 Å². The molecule has 1 saturated heterocycles. The first-order chi connectivity index (χ1) is 10.3. The van der Waals surface area contributed by atoms with Gasteiger partial charge in [0.25, 0.3) is 0 Å². The van der Waals surface area contributed by atoms with E-state index in [1.54, 1.807) is 0 Å². The molecule has 5 nitrogen and oxygen atoms in total. The molecule has 2 aliphatic carbocycles. The van der Waals surface area contributed by atoms with Crippen molar-refractivity contribution in [1.82, 2.24) is 14.9 Å². The van der Waals surface area contributed by atoms with E-state index in [-0.39, 0.29) is 5.79 Å². The van der Waals surface area contributed by atoms with Crippen molar-refractivity contribution in [3.63, 3.8) is 0 Å². The van der Waals surface area contributed by atoms with Gasteiger partial charge >= 0.3 is 0 Å². The molecule has 0 bridgehead atoms. The minimum atomic E-state index is -0.238. The van der Waals surface area contributed by atoms with Crippen LogP contribution in [0.4, 0.5) is 0 Å². The minimum absolute atomic E-state index is 0.238. The number of imidazole rings is 1. The molecular weight excluding hydrogens is 266 g/mol. The lowest BCUT2D eigenvalue weighted by Crippen LogP contribution is -2.46. The lowest BCUT2D eigenvalue weighted by atomic mass is 9.89. The molecule has 1 spiro atoms. The summed E-state index contributed by atoms with van der Waals surface area (Å²) >= 11 is 0. The Kier molecular flexibility index (Phi) is 3.73. The van der Waals surface area contributed by atoms with E-state index in [0.29, 0.717) is 18.1 Å². The molecule has 1 N–H and O–H groups in total. The van der Waals surface area contributed by atoms with Gasteiger partial charge in [-0.15, -0.1) is 0 Å². The lowest BCUT2D eigenvalue weighted by Gasteiger charge is -2.37. The molecule has 0 amide bonds. The Balaban J connectivity index is 1.34. The predicted octanol–water partition coefficient (Wildman–Crippen LogP) is 2.25. The third-order valence-electron chi connectivity index (χ3n) is 5.40. The van der Waals surface area contributed by atoms with Crippen molar-refractivity contribution >= 4 is 0 Å². The zero-order valence-corrected chi connectivity index (χ0v) is 12.5. The van der Waals surface area contributed by atoms with Gasteiger partial charge in [0.15, 0.2) is 5.79 Å². The molecule has 21 heavy (non-hydrogen) atoms. The summed E-state index contributed by atoms with van der Waals surface area (Å²) in [6, 6.07) is 1.77. The molecule has 1 aromatic rings. The van der Waals surface area contributed by atoms with Gasteiger partial charge in [-0.3, -0.25) is 0 Å². The van der Waals surface area contributed by atoms with Crippen molar-refractivity contribution in [2.24, 2.45) is 0 Å². The average Bonchev–Trinajstić information content (AvgIpc) is 3.23. The smallest absolute Gasteiger partial charge is 0.168 e. The first kappa shape index (κ1) is 13.7. The largest absolute Gasteiger partial charge is 0.348 e. The molecule has 4 rings (SSSR count). The Bertz CT molecular complexity index is 446. The fourth-order valence-electron chi connectivity index (χ4n) is 4.27. The van der Waals surface area contributed by atoms with Crippen LogP contribution in [0.5, 0.6) is 0 Å². The van der Waals surface area contributed by atoms with Gasteiger partial charge in [0.05, 0.1) is 19.5 Å². The summed E-state index contributed by atoms with van der Waals surface area (Å²) in [5.41, 5.74) is 0. The van der Waals surface area contributed by atoms with E-state index >= 15 is 0 Å². The summed E-state index contributed by atoms with van der Waals surface area (Å²) < 4.78 is 13.9. The summed E-state index contributed by atoms with van der Waals surface area (Å²) in [7, 11) is 0. The van der Waals surface area contributed by atoms with Crippen LogP contribution in [0.2, 0.25) is 0 Å². The number of nitrogens with one attached hydrogen (secondary N) is 1. The zero-order chi connectivity index (χ0) is 14.1. The van der Waals surface area contributed by atoms with E-state index in [9.17, 15) is 0 Å². The van der Waals surface area contributed by atoms with E-state index < -0.39 is 0 Å². The summed E-state index contributed by atoms with van der Waals surface area (Å²) in [6.45, 7) is 1.53. The van der Waals surface area contributed by atoms with Crippen molar-refractivity contribution < 1.29 is 9.47 Å². The van der Waals surface area contributed by atoms with E-state index in [2.05, 4.69) is 21.1 Å². The van der Waals surface area contributed by atoms with Gasteiger partial charge in [-0.05, 0) is 32.1 Å². The average molecular weight is 291 g/mol. The SMILES string of the molecule is c1cn(C2CCCC2NC2CCC3(CC2)OCCO3)cn1. The number of hydrogen-bond acceptors (Lipinski definition) is 4. The van der Waals surface area contributed by atoms with Crippen molar-refractivity contribution in [2.45, 2.75) is 68.9 Å². The highest BCUT2D eigenvalue weighted by Crippen LogP contribution is 2.37. The third-order valence-corrected chi connectivity index (χ3v) is 5.40. The molecule has 2 saturated carbocycles. The third kappa shape index (κ3) is 2.74. The summed E-state index contributed by atoms with van der Waals surface area (Å²) in [4.78, 5) is 4.20. The molecule has 2 unspecified atom stereocenters. The summed E-state index contributed by atoms with van der Waals surface area (Å²) in [5.74, 6) is -0.238. The second kappa shape index (κ2) is 5.71. The lowest BCUT2D eigenvalue weighted by molar-refractivity contribution is -0.179. The monoisotopic (exact) mass is 291 g/mol. The summed E-state index contributed by atoms with van der Waals surface area (Å²) in [5, 5.41) is 3.90. The molecule has 1 aliphatic heterocycles. The Morgan fingerprint density at radius 1 is 1.10 bits per heavy atom. The second-order valence-electron chi connectivity index (χ2n) is 6.66. The number of aromatic nitrogens is 2. The normalized spacial score (nSPS) is 33.0. The maximum Gasteiger partial charge on any atom is 0.168 e. The highest BCUT2D eigenvalue weighted by atomic mass is 16.7. The van der Waals surface area contributed by atoms with Gasteiger partial charge in [-0.1, -0.05) is 0 Å². The molecule has 2 heterocycles. The van der Waals surface area contributed by atoms with Crippen LogP contribution in [-0.4, -0.2) is 40.6 Å². The van der Waals surface area contributed by atoms with Gasteiger partial charge in [-0.25, -0.2) is 4.98 Å². The molecule has 2 atom stereocenters. The van der Waals surface area contributed by atoms with E-state index in [4.69, 9.17) is 9.47 Å². The maximum atomic E-state index is 5.82. The quantitative estimate of drug-likeness (QED) is 0.928. The minimum Gasteiger partial charge on any atom is -0.348 e. The van der Waals surface area contributed by atoms with Crippen LogP contribution < -0.4 is 5.32 Å². The van der Waals surface area contributed by atoms with Gasteiger partial charge < -0.3 is 19.4 Å². The number of hydrogen-bond donors (Lipinski definition) is 1. The number of nitrogens with zero attached hydrogens (tertiary/aromatic N) is 2. The van der Waals surface area contributed by atoms with Gasteiger partial charge in [0.1, 0.15) is 0 Å². The molecule has 3 fully saturated rings. The molecule has 1 aromatic heterocycles. The van der Waals surface area contributed by atoms with Crippen molar-refractivity contribution in [3.8, 4) is 0 Å². The van der Waals surface area contributed by atoms with Crippen LogP contribution in [0.25, 0.3) is 0 Å². The van der Waals surface area contributed by atoms with Crippen LogP contribution in [-0.2, 0) is 9.47 Å². The van der Waals surface area contributed by atoms with Crippen molar-refractivity contribution in [2.75, 3.05) is 13.2 Å². The van der Waals surface area contributed by atoms with Gasteiger partial charge in [0.2, 0.25) is 0 Å². The Labute approximate surface area is 126 Å². The fourth-order valence-corrected chi connectivity index (χ4v) is 4.27. The first-order valence-corrected chi connectivity index (χ1v) is 8.36. The number of rotatable bonds is 3. The van der Waals surface area contributed by atoms with E-state index in [1.165, 1.54) is 19.3 Å². The van der Waals surface area contributed by atoms with Crippen LogP contribution in [0.15, 0.2) is 18.7 Å². The van der Waals surface area contributed by atoms with Crippen LogP contribution >= 0.6 is 0 Å². The van der Waals surface area contributed by atoms with Crippen LogP contribution in [0.3, 0.4) is 0 Å². The topological polar surface area (TPSA) is 48.3 Å². The summed E-state index contributed by atoms with van der Waals surface area (Å²) in [6.07, 6.45) is 14.2. The predicted molar refractivity (Wildman–Crippen MR) is 78.9 cm³/mol. The van der Waals surface area contributed by atoms with E-state index in [1.807, 2.05) is 12.5 Å². The van der Waals surface area contributed by atoms with Crippen molar-refractivity contribution in [3.05, 3.63) is 18.7 Å². The zero-order valence-electron chi connectivity index (χ0n) is 12.5. The molecule has 0 aromatic carbocycles. The first-order valence-electron chi connectivity index (χ1n) is 8.36. The fraction of sp³-hybridized carbons (Fsp3) is 0.812.